The summed E-state index contributed by atoms with van der Waals surface area (Å²) in [6, 6.07) is 25.4. The molecule has 0 bridgehead atoms. The van der Waals surface area contributed by atoms with Crippen LogP contribution in [0.4, 0.5) is 11.4 Å². The van der Waals surface area contributed by atoms with E-state index < -0.39 is 0 Å². The van der Waals surface area contributed by atoms with Gasteiger partial charge in [-0.05, 0) is 29.8 Å². The molecule has 1 N–H and O–H groups in total. The topological polar surface area (TPSA) is 44.5 Å². The Balaban J connectivity index is 1.84. The molecule has 174 valence electrons. The Hall–Kier alpha value is -3.83. The Labute approximate surface area is 202 Å². The second kappa shape index (κ2) is 9.98. The standard InChI is InChI=1S/C29H32N4O/c1-31(2)25-16-12-22(13-17-25)27-28(23-14-18-26(19-15-23)32(3)4)33(5)29(30-27)24-10-8-21(9-11-24)7-6-20-34/h6-19,34H,20H2,1-5H3/b7-6+. The number of benzene rings is 3. The third-order valence-electron chi connectivity index (χ3n) is 5.99. The average Bonchev–Trinajstić information content (AvgIpc) is 3.20. The van der Waals surface area contributed by atoms with E-state index in [1.54, 1.807) is 6.08 Å². The number of aromatic nitrogens is 2. The molecule has 3 aromatic carbocycles. The quantitative estimate of drug-likeness (QED) is 0.399. The Morgan fingerprint density at radius 2 is 1.24 bits per heavy atom. The van der Waals surface area contributed by atoms with Gasteiger partial charge in [-0.3, -0.25) is 0 Å². The van der Waals surface area contributed by atoms with Crippen molar-refractivity contribution in [2.24, 2.45) is 7.05 Å². The highest BCUT2D eigenvalue weighted by Crippen LogP contribution is 2.36. The van der Waals surface area contributed by atoms with Crippen LogP contribution in [0.3, 0.4) is 0 Å². The highest BCUT2D eigenvalue weighted by atomic mass is 16.2. The summed E-state index contributed by atoms with van der Waals surface area (Å²) in [4.78, 5) is 9.33. The molecule has 0 unspecified atom stereocenters. The van der Waals surface area contributed by atoms with E-state index in [0.29, 0.717) is 0 Å². The molecule has 0 aliphatic rings. The Bertz CT molecular complexity index is 1270. The Kier molecular flexibility index (Phi) is 6.85. The molecule has 5 heteroatoms. The van der Waals surface area contributed by atoms with Gasteiger partial charge in [0.15, 0.2) is 0 Å². The van der Waals surface area contributed by atoms with Crippen molar-refractivity contribution >= 4 is 17.5 Å². The van der Waals surface area contributed by atoms with Gasteiger partial charge < -0.3 is 19.5 Å². The molecule has 4 rings (SSSR count). The zero-order valence-corrected chi connectivity index (χ0v) is 20.5. The SMILES string of the molecule is CN(C)c1ccc(-c2nc(-c3ccc(/C=C/CO)cc3)n(C)c2-c2ccc(N(C)C)cc2)cc1. The first-order valence-electron chi connectivity index (χ1n) is 11.4. The average molecular weight is 453 g/mol. The summed E-state index contributed by atoms with van der Waals surface area (Å²) >= 11 is 0. The second-order valence-electron chi connectivity index (χ2n) is 8.78. The number of anilines is 2. The van der Waals surface area contributed by atoms with Crippen molar-refractivity contribution in [1.82, 2.24) is 9.55 Å². The molecule has 5 nitrogen and oxygen atoms in total. The van der Waals surface area contributed by atoms with Gasteiger partial charge in [-0.2, -0.15) is 0 Å². The fourth-order valence-electron chi connectivity index (χ4n) is 4.06. The van der Waals surface area contributed by atoms with E-state index in [-0.39, 0.29) is 6.61 Å². The molecular formula is C29H32N4O. The lowest BCUT2D eigenvalue weighted by Crippen LogP contribution is -2.08. The minimum Gasteiger partial charge on any atom is -0.392 e. The molecule has 4 aromatic rings. The highest BCUT2D eigenvalue weighted by molar-refractivity contribution is 5.83. The fraction of sp³-hybridized carbons (Fsp3) is 0.207. The van der Waals surface area contributed by atoms with Crippen molar-refractivity contribution < 1.29 is 5.11 Å². The first-order chi connectivity index (χ1) is 16.4. The van der Waals surface area contributed by atoms with E-state index in [1.807, 2.05) is 46.4 Å². The number of rotatable bonds is 7. The van der Waals surface area contributed by atoms with E-state index in [1.165, 1.54) is 0 Å². The predicted octanol–water partition coefficient (Wildman–Crippen LogP) is 5.56. The summed E-state index contributed by atoms with van der Waals surface area (Å²) in [5, 5.41) is 9.04. The summed E-state index contributed by atoms with van der Waals surface area (Å²) in [6.07, 6.45) is 3.65. The van der Waals surface area contributed by atoms with Gasteiger partial charge in [-0.15, -0.1) is 0 Å². The van der Waals surface area contributed by atoms with Crippen molar-refractivity contribution in [3.63, 3.8) is 0 Å². The van der Waals surface area contributed by atoms with Gasteiger partial charge in [0.2, 0.25) is 0 Å². The summed E-state index contributed by atoms with van der Waals surface area (Å²) in [6.45, 7) is 0.0348. The van der Waals surface area contributed by atoms with E-state index in [2.05, 4.69) is 82.1 Å². The first kappa shape index (κ1) is 23.3. The highest BCUT2D eigenvalue weighted by Gasteiger charge is 2.19. The number of hydrogen-bond donors (Lipinski definition) is 1. The van der Waals surface area contributed by atoms with Gasteiger partial charge in [-0.1, -0.05) is 60.7 Å². The molecule has 0 aliphatic heterocycles. The van der Waals surface area contributed by atoms with Crippen LogP contribution in [-0.4, -0.2) is 49.5 Å². The van der Waals surface area contributed by atoms with Gasteiger partial charge in [-0.25, -0.2) is 4.98 Å². The Morgan fingerprint density at radius 1 is 0.735 bits per heavy atom. The summed E-state index contributed by atoms with van der Waals surface area (Å²) in [7, 11) is 10.3. The minimum absolute atomic E-state index is 0.0348. The molecule has 0 saturated carbocycles. The van der Waals surface area contributed by atoms with Crippen LogP contribution in [-0.2, 0) is 7.05 Å². The first-order valence-corrected chi connectivity index (χ1v) is 11.4. The van der Waals surface area contributed by atoms with E-state index in [9.17, 15) is 0 Å². The largest absolute Gasteiger partial charge is 0.392 e. The maximum Gasteiger partial charge on any atom is 0.140 e. The third kappa shape index (κ3) is 4.75. The molecule has 0 aliphatic carbocycles. The molecule has 0 amide bonds. The number of imidazole rings is 1. The number of aliphatic hydroxyl groups is 1. The molecule has 0 fully saturated rings. The van der Waals surface area contributed by atoms with Crippen molar-refractivity contribution in [2.45, 2.75) is 0 Å². The van der Waals surface area contributed by atoms with Gasteiger partial charge in [0.25, 0.3) is 0 Å². The van der Waals surface area contributed by atoms with Crippen molar-refractivity contribution in [2.75, 3.05) is 44.6 Å². The normalized spacial score (nSPS) is 11.2. The molecule has 1 heterocycles. The van der Waals surface area contributed by atoms with Crippen LogP contribution in [0.5, 0.6) is 0 Å². The zero-order valence-electron chi connectivity index (χ0n) is 20.5. The van der Waals surface area contributed by atoms with Crippen LogP contribution >= 0.6 is 0 Å². The van der Waals surface area contributed by atoms with Gasteiger partial charge in [0, 0.05) is 63.3 Å². The number of nitrogens with zero attached hydrogens (tertiary/aromatic N) is 4. The van der Waals surface area contributed by atoms with Crippen molar-refractivity contribution in [1.29, 1.82) is 0 Å². The summed E-state index contributed by atoms with van der Waals surface area (Å²) in [5.74, 6) is 0.913. The van der Waals surface area contributed by atoms with Crippen LogP contribution in [0.1, 0.15) is 5.56 Å². The summed E-state index contributed by atoms with van der Waals surface area (Å²) < 4.78 is 2.18. The van der Waals surface area contributed by atoms with Crippen molar-refractivity contribution in [3.05, 3.63) is 84.4 Å². The molecule has 34 heavy (non-hydrogen) atoms. The zero-order chi connectivity index (χ0) is 24.2. The van der Waals surface area contributed by atoms with Gasteiger partial charge in [0.05, 0.1) is 18.0 Å². The number of hydrogen-bond acceptors (Lipinski definition) is 4. The predicted molar refractivity (Wildman–Crippen MR) is 144 cm³/mol. The van der Waals surface area contributed by atoms with Crippen LogP contribution in [0, 0.1) is 0 Å². The van der Waals surface area contributed by atoms with Crippen LogP contribution in [0.25, 0.3) is 40.0 Å². The molecule has 1 aromatic heterocycles. The van der Waals surface area contributed by atoms with Crippen LogP contribution < -0.4 is 9.80 Å². The van der Waals surface area contributed by atoms with E-state index in [0.717, 1.165) is 50.8 Å². The number of aliphatic hydroxyl groups excluding tert-OH is 1. The van der Waals surface area contributed by atoms with Crippen LogP contribution in [0.15, 0.2) is 78.9 Å². The lowest BCUT2D eigenvalue weighted by molar-refractivity contribution is 0.343. The third-order valence-corrected chi connectivity index (χ3v) is 5.99. The van der Waals surface area contributed by atoms with Gasteiger partial charge >= 0.3 is 0 Å². The maximum absolute atomic E-state index is 9.04. The minimum atomic E-state index is 0.0348. The second-order valence-corrected chi connectivity index (χ2v) is 8.78. The maximum atomic E-state index is 9.04. The van der Waals surface area contributed by atoms with Crippen molar-refractivity contribution in [3.8, 4) is 33.9 Å². The van der Waals surface area contributed by atoms with E-state index in [4.69, 9.17) is 10.1 Å². The monoisotopic (exact) mass is 452 g/mol. The fourth-order valence-corrected chi connectivity index (χ4v) is 4.06. The van der Waals surface area contributed by atoms with Crippen LogP contribution in [0.2, 0.25) is 0 Å². The van der Waals surface area contributed by atoms with Gasteiger partial charge in [0.1, 0.15) is 5.82 Å². The molecule has 0 saturated heterocycles. The van der Waals surface area contributed by atoms with E-state index >= 15 is 0 Å². The smallest absolute Gasteiger partial charge is 0.140 e. The Morgan fingerprint density at radius 3 is 1.74 bits per heavy atom. The summed E-state index contributed by atoms with van der Waals surface area (Å²) in [5.41, 5.74) is 8.67. The lowest BCUT2D eigenvalue weighted by atomic mass is 10.0. The molecular weight excluding hydrogens is 420 g/mol. The molecule has 0 atom stereocenters. The molecule has 0 radical (unpaired) electrons. The lowest BCUT2D eigenvalue weighted by Gasteiger charge is -2.14. The molecule has 0 spiro atoms.